The maximum atomic E-state index is 14.3. The lowest BCUT2D eigenvalue weighted by atomic mass is 9.51. The van der Waals surface area contributed by atoms with Crippen LogP contribution in [0.5, 0.6) is 0 Å². The average Bonchev–Trinajstić information content (AvgIpc) is 4.42. The number of hydrogen-bond donors (Lipinski definition) is 8. The third-order valence-corrected chi connectivity index (χ3v) is 19.7. The molecule has 14 rings (SSSR count). The van der Waals surface area contributed by atoms with Crippen molar-refractivity contribution in [2.24, 2.45) is 53.3 Å². The summed E-state index contributed by atoms with van der Waals surface area (Å²) in [6, 6.07) is 49.8. The number of carbonyl (C=O) groups excluding carboxylic acids is 3. The summed E-state index contributed by atoms with van der Waals surface area (Å²) in [5.74, 6) is -0.523. The predicted molar refractivity (Wildman–Crippen MR) is 308 cm³/mol. The number of ketones is 2. The van der Waals surface area contributed by atoms with Crippen LogP contribution in [0.15, 0.2) is 146 Å². The van der Waals surface area contributed by atoms with E-state index in [1.54, 1.807) is 6.92 Å². The number of hydrogen-bond acceptors (Lipinski definition) is 6. The van der Waals surface area contributed by atoms with Crippen molar-refractivity contribution in [3.8, 4) is 0 Å². The van der Waals surface area contributed by atoms with Gasteiger partial charge in [-0.05, 0) is 184 Å². The van der Waals surface area contributed by atoms with Crippen molar-refractivity contribution in [1.82, 2.24) is 25.3 Å². The van der Waals surface area contributed by atoms with Crippen LogP contribution in [0.3, 0.4) is 0 Å². The highest BCUT2D eigenvalue weighted by molar-refractivity contribution is 5.96. The molecule has 5 heterocycles. The number of benzene rings is 4. The van der Waals surface area contributed by atoms with Crippen molar-refractivity contribution in [1.29, 1.82) is 0 Å². The zero-order chi connectivity index (χ0) is 54.7. The molecule has 0 spiro atoms. The zero-order valence-corrected chi connectivity index (χ0v) is 45.3. The summed E-state index contributed by atoms with van der Waals surface area (Å²) < 4.78 is 0. The highest BCUT2D eigenvalue weighted by atomic mass is 16.3. The number of aromatic nitrogens is 4. The summed E-state index contributed by atoms with van der Waals surface area (Å²) in [5, 5.41) is 41.1. The van der Waals surface area contributed by atoms with Gasteiger partial charge in [-0.15, -0.1) is 0 Å². The molecule has 0 saturated heterocycles. The Kier molecular flexibility index (Phi) is 12.4. The number of aromatic amines is 4. The van der Waals surface area contributed by atoms with E-state index in [0.29, 0.717) is 43.4 Å². The monoisotopic (exact) mass is 1060 g/mol. The van der Waals surface area contributed by atoms with E-state index in [1.165, 1.54) is 0 Å². The quantitative estimate of drug-likeness (QED) is 0.0731. The number of rotatable bonds is 8. The van der Waals surface area contributed by atoms with Crippen LogP contribution < -0.4 is 26.7 Å². The van der Waals surface area contributed by atoms with Crippen molar-refractivity contribution >= 4 is 39.8 Å². The summed E-state index contributed by atoms with van der Waals surface area (Å²) in [4.78, 5) is 56.2. The normalized spacial score (nSPS) is 27.6. The zero-order valence-electron chi connectivity index (χ0n) is 45.3. The second-order valence-corrected chi connectivity index (χ2v) is 24.2. The summed E-state index contributed by atoms with van der Waals surface area (Å²) >= 11 is 0. The first-order valence-electron chi connectivity index (χ1n) is 28.8. The van der Waals surface area contributed by atoms with Crippen LogP contribution in [-0.2, 0) is 4.79 Å². The maximum absolute atomic E-state index is 14.3. The van der Waals surface area contributed by atoms with Crippen LogP contribution in [0.4, 0.5) is 0 Å². The molecular weight excluding hydrogens is 995 g/mol. The Balaban J connectivity index is 0.813. The van der Waals surface area contributed by atoms with Crippen LogP contribution in [0, 0.1) is 67.1 Å². The first-order valence-corrected chi connectivity index (χ1v) is 28.8. The minimum absolute atomic E-state index is 0.0136. The van der Waals surface area contributed by atoms with E-state index in [-0.39, 0.29) is 70.7 Å². The molecule has 12 atom stereocenters. The van der Waals surface area contributed by atoms with Gasteiger partial charge in [-0.25, -0.2) is 0 Å². The van der Waals surface area contributed by atoms with Gasteiger partial charge in [0.2, 0.25) is 0 Å². The molecule has 8 N–H and O–H groups in total. The first-order chi connectivity index (χ1) is 38.8. The Morgan fingerprint density at radius 1 is 0.475 bits per heavy atom. The van der Waals surface area contributed by atoms with Crippen LogP contribution in [0.1, 0.15) is 122 Å². The second-order valence-electron chi connectivity index (χ2n) is 24.2. The Labute approximate surface area is 464 Å². The van der Waals surface area contributed by atoms with Crippen molar-refractivity contribution in [3.63, 3.8) is 0 Å². The fourth-order valence-corrected chi connectivity index (χ4v) is 16.0. The molecule has 0 radical (unpaired) electrons. The smallest absolute Gasteiger partial charge is 0.251 e. The summed E-state index contributed by atoms with van der Waals surface area (Å²) in [7, 11) is 0. The molecule has 8 aromatic rings. The molecule has 11 heteroatoms. The Morgan fingerprint density at radius 3 is 1.35 bits per heavy atom. The molecule has 404 valence electrons. The van der Waals surface area contributed by atoms with Gasteiger partial charge in [0.25, 0.3) is 5.91 Å². The summed E-state index contributed by atoms with van der Waals surface area (Å²) in [6.45, 7) is 6.22. The van der Waals surface area contributed by atoms with Crippen molar-refractivity contribution in [3.05, 3.63) is 234 Å². The third kappa shape index (κ3) is 8.46. The molecule has 5 fully saturated rings. The average molecular weight is 1060 g/mol. The van der Waals surface area contributed by atoms with Gasteiger partial charge in [-0.2, -0.15) is 0 Å². The van der Waals surface area contributed by atoms with Crippen LogP contribution in [-0.4, -0.2) is 77.6 Å². The number of H-pyrrole nitrogens is 4. The maximum Gasteiger partial charge on any atom is 0.251 e. The second kappa shape index (κ2) is 19.8. The predicted octanol–water partition coefficient (Wildman–Crippen LogP) is 7.46. The van der Waals surface area contributed by atoms with Crippen LogP contribution in [0.2, 0.25) is 0 Å². The van der Waals surface area contributed by atoms with Gasteiger partial charge in [0.05, 0.1) is 18.3 Å². The van der Waals surface area contributed by atoms with Crippen molar-refractivity contribution in [2.45, 2.75) is 77.6 Å². The SMILES string of the molecule is CC(=O)c1ccc(C2=c3ccc([nH]3)=C(c3ccc(C)cc3)c3ccc([nH]3)C(c3ccc(C(=O)NCC4CCC5C(=O)C6C7CC(C6C(O)C5C4)C4C(O)CCC(O)C74)cc3)=c3ccc([nH]3)=C(c3ccc(C)cc3)c3ccc2[nH]3)cc1. The van der Waals surface area contributed by atoms with E-state index < -0.39 is 18.3 Å². The number of aliphatic hydroxyl groups is 3. The number of carbonyl (C=O) groups is 3. The molecule has 1 aliphatic heterocycles. The van der Waals surface area contributed by atoms with E-state index in [2.05, 4.69) is 136 Å². The van der Waals surface area contributed by atoms with Gasteiger partial charge >= 0.3 is 0 Å². The van der Waals surface area contributed by atoms with E-state index in [0.717, 1.165) is 113 Å². The van der Waals surface area contributed by atoms with Gasteiger partial charge in [-0.1, -0.05) is 96.1 Å². The summed E-state index contributed by atoms with van der Waals surface area (Å²) in [5.41, 5.74) is 14.9. The van der Waals surface area contributed by atoms with Gasteiger partial charge in [-0.3, -0.25) is 14.4 Å². The molecular formula is C69H67N5O6. The molecule has 4 aromatic carbocycles. The Morgan fingerprint density at radius 2 is 0.900 bits per heavy atom. The minimum atomic E-state index is -0.628. The van der Waals surface area contributed by atoms with E-state index in [4.69, 9.17) is 0 Å². The topological polar surface area (TPSA) is 187 Å². The fraction of sp³-hybridized carbons (Fsp3) is 0.319. The fourth-order valence-electron chi connectivity index (χ4n) is 16.0. The lowest BCUT2D eigenvalue weighted by molar-refractivity contribution is -0.169. The molecule has 4 aromatic heterocycles. The van der Waals surface area contributed by atoms with Gasteiger partial charge in [0, 0.05) is 96.0 Å². The molecule has 10 bridgehead atoms. The standard InChI is InChI=1S/C69H67N5O6/c1-35-4-9-40(10-5-35)59-49-22-26-53(71-49)61(42-15-13-39(14-16-42)37(3)75)54-27-23-50(72-54)60(41-11-6-36(2)7-12-41)52-25-29-56(74-52)62(55-28-24-51(59)73-55)43-17-19-44(20-18-43)69(80)70-34-38-8-21-45-46(32-38)68(79)66-48-33-47(65(66)67(45)78)63-57(76)30-31-58(77)64(48)63/h4-7,9-20,22-29,38,45-48,57-58,63-66,68,71-74,76-77,79H,8,21,30-34H2,1-3H3,(H,70,80). The number of aryl methyl sites for hydroxylation is 2. The first kappa shape index (κ1) is 50.4. The Bertz CT molecular complexity index is 4010. The highest BCUT2D eigenvalue weighted by Gasteiger charge is 2.68. The van der Waals surface area contributed by atoms with Gasteiger partial charge < -0.3 is 40.6 Å². The molecule has 1 amide bonds. The van der Waals surface area contributed by atoms with E-state index in [1.807, 2.05) is 48.5 Å². The molecule has 5 aliphatic carbocycles. The largest absolute Gasteiger partial charge is 0.393 e. The third-order valence-electron chi connectivity index (χ3n) is 19.7. The van der Waals surface area contributed by atoms with E-state index in [9.17, 15) is 29.7 Å². The number of Topliss-reactive ketones (excluding diaryl/α,β-unsaturated/α-hetero) is 2. The number of amides is 1. The molecule has 5 saturated carbocycles. The van der Waals surface area contributed by atoms with Crippen molar-refractivity contribution < 1.29 is 29.7 Å². The number of fused-ring (bicyclic) bond motifs is 17. The van der Waals surface area contributed by atoms with Crippen LogP contribution in [0.25, 0.3) is 22.3 Å². The molecule has 11 nitrogen and oxygen atoms in total. The van der Waals surface area contributed by atoms with Crippen molar-refractivity contribution in [2.75, 3.05) is 6.54 Å². The van der Waals surface area contributed by atoms with E-state index >= 15 is 0 Å². The lowest BCUT2D eigenvalue weighted by Crippen LogP contribution is -2.59. The number of nitrogens with one attached hydrogen (secondary N) is 5. The lowest BCUT2D eigenvalue weighted by Gasteiger charge is -2.54. The Hall–Kier alpha value is -7.83. The summed E-state index contributed by atoms with van der Waals surface area (Å²) in [6.07, 6.45) is 2.52. The highest BCUT2D eigenvalue weighted by Crippen LogP contribution is 2.66. The minimum Gasteiger partial charge on any atom is -0.393 e. The van der Waals surface area contributed by atoms with Gasteiger partial charge in [0.1, 0.15) is 5.78 Å². The molecule has 6 aliphatic rings. The number of aliphatic hydroxyl groups excluding tert-OH is 3. The molecule has 80 heavy (non-hydrogen) atoms. The van der Waals surface area contributed by atoms with Gasteiger partial charge in [0.15, 0.2) is 5.78 Å². The van der Waals surface area contributed by atoms with Crippen LogP contribution >= 0.6 is 0 Å². The molecule has 12 unspecified atom stereocenters.